The summed E-state index contributed by atoms with van der Waals surface area (Å²) in [6.07, 6.45) is 5.91. The van der Waals surface area contributed by atoms with Crippen molar-refractivity contribution in [2.24, 2.45) is 0 Å². The second-order valence-electron chi connectivity index (χ2n) is 5.03. The van der Waals surface area contributed by atoms with Gasteiger partial charge in [-0.25, -0.2) is 4.98 Å². The van der Waals surface area contributed by atoms with Crippen LogP contribution in [0.15, 0.2) is 43.0 Å². The summed E-state index contributed by atoms with van der Waals surface area (Å²) in [4.78, 5) is 4.25. The van der Waals surface area contributed by atoms with E-state index in [1.165, 1.54) is 11.1 Å². The average Bonchev–Trinajstić information content (AvgIpc) is 2.97. The normalized spacial score (nSPS) is 11.6. The fourth-order valence-electron chi connectivity index (χ4n) is 2.39. The number of fused-ring (bicyclic) bond motifs is 1. The molecule has 3 aromatic rings. The van der Waals surface area contributed by atoms with Gasteiger partial charge in [0.1, 0.15) is 0 Å². The Kier molecular flexibility index (Phi) is 3.07. The van der Waals surface area contributed by atoms with Crippen LogP contribution in [0.25, 0.3) is 10.9 Å². The number of rotatable bonds is 3. The van der Waals surface area contributed by atoms with Gasteiger partial charge in [0, 0.05) is 29.0 Å². The number of hydrogen-bond donors (Lipinski definition) is 0. The number of imidazole rings is 1. The average molecular weight is 274 g/mol. The van der Waals surface area contributed by atoms with Crippen molar-refractivity contribution in [1.82, 2.24) is 14.1 Å². The van der Waals surface area contributed by atoms with Crippen LogP contribution < -0.4 is 0 Å². The van der Waals surface area contributed by atoms with Crippen molar-refractivity contribution < 1.29 is 0 Å². The molecule has 0 aliphatic heterocycles. The number of nitrogens with zero attached hydrogens (tertiary/aromatic N) is 3. The molecule has 0 aliphatic carbocycles. The summed E-state index contributed by atoms with van der Waals surface area (Å²) < 4.78 is 4.40. The van der Waals surface area contributed by atoms with Crippen LogP contribution in [0.3, 0.4) is 0 Å². The van der Waals surface area contributed by atoms with Gasteiger partial charge in [-0.1, -0.05) is 17.7 Å². The monoisotopic (exact) mass is 273 g/mol. The number of halogens is 1. The van der Waals surface area contributed by atoms with Crippen LogP contribution >= 0.6 is 11.6 Å². The summed E-state index contributed by atoms with van der Waals surface area (Å²) >= 11 is 6.08. The summed E-state index contributed by atoms with van der Waals surface area (Å²) in [7, 11) is 0. The fraction of sp³-hybridized carbons (Fsp3) is 0.267. The van der Waals surface area contributed by atoms with E-state index in [9.17, 15) is 0 Å². The molecule has 0 atom stereocenters. The summed E-state index contributed by atoms with van der Waals surface area (Å²) in [6, 6.07) is 8.51. The van der Waals surface area contributed by atoms with E-state index in [0.29, 0.717) is 6.04 Å². The summed E-state index contributed by atoms with van der Waals surface area (Å²) in [5, 5.41) is 1.98. The van der Waals surface area contributed by atoms with Crippen LogP contribution in [0, 0.1) is 0 Å². The molecule has 19 heavy (non-hydrogen) atoms. The Labute approximate surface area is 117 Å². The molecule has 0 saturated carbocycles. The second kappa shape index (κ2) is 4.74. The molecule has 98 valence electrons. The number of benzene rings is 1. The Morgan fingerprint density at radius 3 is 2.89 bits per heavy atom. The minimum atomic E-state index is 0.419. The standard InChI is InChI=1S/C15H16ClN3/c1-11(2)19-10-17-8-14(19)9-18-6-5-12-3-4-13(16)7-15(12)18/h3-8,10-11H,9H2,1-2H3. The molecule has 0 N–H and O–H groups in total. The first-order valence-electron chi connectivity index (χ1n) is 6.40. The van der Waals surface area contributed by atoms with E-state index in [1.807, 2.05) is 30.7 Å². The van der Waals surface area contributed by atoms with E-state index < -0.39 is 0 Å². The van der Waals surface area contributed by atoms with Gasteiger partial charge in [-0.15, -0.1) is 0 Å². The lowest BCUT2D eigenvalue weighted by atomic mass is 10.2. The van der Waals surface area contributed by atoms with Crippen molar-refractivity contribution in [3.63, 3.8) is 0 Å². The fourth-order valence-corrected chi connectivity index (χ4v) is 2.56. The van der Waals surface area contributed by atoms with E-state index in [0.717, 1.165) is 17.1 Å². The van der Waals surface area contributed by atoms with E-state index in [1.54, 1.807) is 0 Å². The molecular formula is C15H16ClN3. The third kappa shape index (κ3) is 2.26. The van der Waals surface area contributed by atoms with Gasteiger partial charge in [-0.05, 0) is 37.4 Å². The van der Waals surface area contributed by atoms with Crippen molar-refractivity contribution in [2.75, 3.05) is 0 Å². The van der Waals surface area contributed by atoms with Crippen LogP contribution in [0.2, 0.25) is 5.02 Å². The molecular weight excluding hydrogens is 258 g/mol. The molecule has 1 aromatic carbocycles. The van der Waals surface area contributed by atoms with E-state index in [-0.39, 0.29) is 0 Å². The highest BCUT2D eigenvalue weighted by Gasteiger charge is 2.08. The second-order valence-corrected chi connectivity index (χ2v) is 5.47. The minimum Gasteiger partial charge on any atom is -0.341 e. The van der Waals surface area contributed by atoms with Crippen molar-refractivity contribution >= 4 is 22.5 Å². The zero-order valence-electron chi connectivity index (χ0n) is 11.0. The summed E-state index contributed by atoms with van der Waals surface area (Å²) in [6.45, 7) is 5.13. The predicted molar refractivity (Wildman–Crippen MR) is 78.7 cm³/mol. The Morgan fingerprint density at radius 2 is 2.11 bits per heavy atom. The molecule has 4 heteroatoms. The molecule has 3 nitrogen and oxygen atoms in total. The van der Waals surface area contributed by atoms with Gasteiger partial charge >= 0.3 is 0 Å². The third-order valence-corrected chi connectivity index (χ3v) is 3.61. The molecule has 0 fully saturated rings. The molecule has 0 saturated heterocycles. The van der Waals surface area contributed by atoms with Crippen LogP contribution in [-0.2, 0) is 6.54 Å². The Balaban J connectivity index is 2.01. The van der Waals surface area contributed by atoms with Gasteiger partial charge in [-0.3, -0.25) is 0 Å². The zero-order valence-corrected chi connectivity index (χ0v) is 11.8. The van der Waals surface area contributed by atoms with Crippen LogP contribution in [-0.4, -0.2) is 14.1 Å². The lowest BCUT2D eigenvalue weighted by Gasteiger charge is -2.13. The Bertz CT molecular complexity index is 709. The molecule has 0 aliphatic rings. The Hall–Kier alpha value is -1.74. The van der Waals surface area contributed by atoms with Crippen molar-refractivity contribution in [3.8, 4) is 0 Å². The van der Waals surface area contributed by atoms with Crippen molar-refractivity contribution in [2.45, 2.75) is 26.4 Å². The summed E-state index contributed by atoms with van der Waals surface area (Å²) in [5.41, 5.74) is 2.36. The molecule has 3 rings (SSSR count). The molecule has 2 aromatic heterocycles. The highest BCUT2D eigenvalue weighted by Crippen LogP contribution is 2.22. The first-order chi connectivity index (χ1) is 9.15. The first kappa shape index (κ1) is 12.3. The Morgan fingerprint density at radius 1 is 1.26 bits per heavy atom. The molecule has 0 spiro atoms. The maximum absolute atomic E-state index is 6.08. The summed E-state index contributed by atoms with van der Waals surface area (Å²) in [5.74, 6) is 0. The highest BCUT2D eigenvalue weighted by atomic mass is 35.5. The maximum atomic E-state index is 6.08. The topological polar surface area (TPSA) is 22.8 Å². The molecule has 0 bridgehead atoms. The molecule has 0 radical (unpaired) electrons. The SMILES string of the molecule is CC(C)n1cncc1Cn1ccc2ccc(Cl)cc21. The lowest BCUT2D eigenvalue weighted by molar-refractivity contribution is 0.564. The van der Waals surface area contributed by atoms with Crippen LogP contribution in [0.1, 0.15) is 25.6 Å². The van der Waals surface area contributed by atoms with Gasteiger partial charge in [0.05, 0.1) is 18.6 Å². The largest absolute Gasteiger partial charge is 0.341 e. The van der Waals surface area contributed by atoms with Crippen molar-refractivity contribution in [3.05, 3.63) is 53.7 Å². The third-order valence-electron chi connectivity index (χ3n) is 3.37. The predicted octanol–water partition coefficient (Wildman–Crippen LogP) is 4.12. The van der Waals surface area contributed by atoms with Crippen LogP contribution in [0.5, 0.6) is 0 Å². The van der Waals surface area contributed by atoms with Gasteiger partial charge in [0.2, 0.25) is 0 Å². The van der Waals surface area contributed by atoms with E-state index in [4.69, 9.17) is 11.6 Å². The smallest absolute Gasteiger partial charge is 0.0951 e. The zero-order chi connectivity index (χ0) is 13.4. The molecule has 2 heterocycles. The van der Waals surface area contributed by atoms with E-state index >= 15 is 0 Å². The number of hydrogen-bond acceptors (Lipinski definition) is 1. The van der Waals surface area contributed by atoms with Gasteiger partial charge in [-0.2, -0.15) is 0 Å². The highest BCUT2D eigenvalue weighted by molar-refractivity contribution is 6.31. The van der Waals surface area contributed by atoms with Gasteiger partial charge < -0.3 is 9.13 Å². The quantitative estimate of drug-likeness (QED) is 0.704. The van der Waals surface area contributed by atoms with Gasteiger partial charge in [0.15, 0.2) is 0 Å². The molecule has 0 unspecified atom stereocenters. The minimum absolute atomic E-state index is 0.419. The molecule has 0 amide bonds. The number of aromatic nitrogens is 3. The first-order valence-corrected chi connectivity index (χ1v) is 6.78. The maximum Gasteiger partial charge on any atom is 0.0951 e. The lowest BCUT2D eigenvalue weighted by Crippen LogP contribution is -2.08. The van der Waals surface area contributed by atoms with Crippen molar-refractivity contribution in [1.29, 1.82) is 0 Å². The van der Waals surface area contributed by atoms with Crippen LogP contribution in [0.4, 0.5) is 0 Å². The van der Waals surface area contributed by atoms with E-state index in [2.05, 4.69) is 40.2 Å². The van der Waals surface area contributed by atoms with Gasteiger partial charge in [0.25, 0.3) is 0 Å².